The maximum Gasteiger partial charge on any atom is 0.238 e. The molecular weight excluding hydrogens is 204 g/mol. The minimum absolute atomic E-state index is 0.0622. The zero-order valence-corrected chi connectivity index (χ0v) is 9.51. The molecule has 2 rings (SSSR count). The molecule has 0 bridgehead atoms. The van der Waals surface area contributed by atoms with Crippen LogP contribution in [-0.4, -0.2) is 38.1 Å². The maximum absolute atomic E-state index is 11.5. The molecule has 1 aromatic carbocycles. The molecule has 1 fully saturated rings. The second kappa shape index (κ2) is 4.53. The van der Waals surface area contributed by atoms with Crippen molar-refractivity contribution in [3.8, 4) is 5.75 Å². The molecule has 1 radical (unpaired) electrons. The van der Waals surface area contributed by atoms with Gasteiger partial charge < -0.3 is 9.64 Å². The van der Waals surface area contributed by atoms with E-state index in [2.05, 4.69) is 5.32 Å². The van der Waals surface area contributed by atoms with E-state index in [-0.39, 0.29) is 11.9 Å². The SMILES string of the molecule is COc1ccc([C@H]2C[N]CC(=O)N2C)cc1. The van der Waals surface area contributed by atoms with E-state index in [1.165, 1.54) is 0 Å². The van der Waals surface area contributed by atoms with Crippen LogP contribution in [0, 0.1) is 0 Å². The monoisotopic (exact) mass is 219 g/mol. The summed E-state index contributed by atoms with van der Waals surface area (Å²) in [5.74, 6) is 0.901. The van der Waals surface area contributed by atoms with Crippen molar-refractivity contribution in [1.82, 2.24) is 10.2 Å². The normalized spacial score (nSPS) is 21.0. The fourth-order valence-electron chi connectivity index (χ4n) is 1.85. The summed E-state index contributed by atoms with van der Waals surface area (Å²) in [6.07, 6.45) is 0. The minimum Gasteiger partial charge on any atom is -0.497 e. The average Bonchev–Trinajstić information content (AvgIpc) is 2.33. The number of methoxy groups -OCH3 is 1. The smallest absolute Gasteiger partial charge is 0.238 e. The molecule has 85 valence electrons. The number of carbonyl (C=O) groups excluding carboxylic acids is 1. The first-order chi connectivity index (χ1) is 7.72. The van der Waals surface area contributed by atoms with Crippen molar-refractivity contribution < 1.29 is 9.53 Å². The summed E-state index contributed by atoms with van der Waals surface area (Å²) in [7, 11) is 3.46. The van der Waals surface area contributed by atoms with Crippen molar-refractivity contribution in [3.05, 3.63) is 29.8 Å². The lowest BCUT2D eigenvalue weighted by atomic mass is 10.0. The Bertz CT molecular complexity index is 375. The van der Waals surface area contributed by atoms with E-state index >= 15 is 0 Å². The highest BCUT2D eigenvalue weighted by Crippen LogP contribution is 2.23. The molecule has 1 heterocycles. The van der Waals surface area contributed by atoms with Gasteiger partial charge in [0.25, 0.3) is 0 Å². The Morgan fingerprint density at radius 1 is 1.38 bits per heavy atom. The molecule has 0 N–H and O–H groups in total. The molecule has 1 aromatic rings. The number of likely N-dealkylation sites (N-methyl/N-ethyl adjacent to an activating group) is 1. The molecule has 0 spiro atoms. The van der Waals surface area contributed by atoms with Crippen LogP contribution in [0.5, 0.6) is 5.75 Å². The van der Waals surface area contributed by atoms with E-state index in [1.54, 1.807) is 12.0 Å². The molecule has 0 aromatic heterocycles. The standard InChI is InChI=1S/C12H15N2O2/c1-14-11(7-13-8-12(14)15)9-3-5-10(16-2)6-4-9/h3-6,11H,7-8H2,1-2H3/t11-/m1/s1. The molecule has 1 amide bonds. The lowest BCUT2D eigenvalue weighted by Crippen LogP contribution is -2.45. The Kier molecular flexibility index (Phi) is 3.10. The van der Waals surface area contributed by atoms with Gasteiger partial charge in [0.05, 0.1) is 19.7 Å². The van der Waals surface area contributed by atoms with E-state index in [1.807, 2.05) is 31.3 Å². The van der Waals surface area contributed by atoms with Crippen molar-refractivity contribution in [3.63, 3.8) is 0 Å². The van der Waals surface area contributed by atoms with Gasteiger partial charge in [-0.3, -0.25) is 4.79 Å². The third-order valence-corrected chi connectivity index (χ3v) is 2.91. The van der Waals surface area contributed by atoms with Crippen LogP contribution in [0.4, 0.5) is 0 Å². The number of hydrogen-bond acceptors (Lipinski definition) is 2. The summed E-state index contributed by atoms with van der Waals surface area (Å²) >= 11 is 0. The number of nitrogens with zero attached hydrogens (tertiary/aromatic N) is 2. The predicted octanol–water partition coefficient (Wildman–Crippen LogP) is 0.813. The summed E-state index contributed by atoms with van der Waals surface area (Å²) in [5.41, 5.74) is 1.10. The maximum atomic E-state index is 11.5. The summed E-state index contributed by atoms with van der Waals surface area (Å²) in [5, 5.41) is 4.19. The van der Waals surface area contributed by atoms with Gasteiger partial charge in [-0.1, -0.05) is 12.1 Å². The van der Waals surface area contributed by atoms with Crippen LogP contribution in [-0.2, 0) is 4.79 Å². The second-order valence-electron chi connectivity index (χ2n) is 3.86. The van der Waals surface area contributed by atoms with Gasteiger partial charge >= 0.3 is 0 Å². The van der Waals surface area contributed by atoms with Crippen LogP contribution in [0.1, 0.15) is 11.6 Å². The van der Waals surface area contributed by atoms with Crippen LogP contribution >= 0.6 is 0 Å². The van der Waals surface area contributed by atoms with Gasteiger partial charge in [0.2, 0.25) is 5.91 Å². The van der Waals surface area contributed by atoms with Crippen LogP contribution in [0.15, 0.2) is 24.3 Å². The van der Waals surface area contributed by atoms with Crippen LogP contribution in [0.3, 0.4) is 0 Å². The summed E-state index contributed by atoms with van der Waals surface area (Å²) in [6, 6.07) is 7.83. The van der Waals surface area contributed by atoms with E-state index in [4.69, 9.17) is 4.74 Å². The molecule has 4 nitrogen and oxygen atoms in total. The molecule has 1 saturated heterocycles. The van der Waals surface area contributed by atoms with Crippen LogP contribution in [0.2, 0.25) is 0 Å². The Hall–Kier alpha value is -1.55. The lowest BCUT2D eigenvalue weighted by molar-refractivity contribution is -0.133. The minimum atomic E-state index is 0.0622. The van der Waals surface area contributed by atoms with Crippen molar-refractivity contribution >= 4 is 5.91 Å². The highest BCUT2D eigenvalue weighted by Gasteiger charge is 2.26. The van der Waals surface area contributed by atoms with Crippen molar-refractivity contribution in [1.29, 1.82) is 0 Å². The first kappa shape index (κ1) is 11.0. The summed E-state index contributed by atoms with van der Waals surface area (Å²) < 4.78 is 5.10. The lowest BCUT2D eigenvalue weighted by Gasteiger charge is -2.32. The number of piperazine rings is 1. The fraction of sp³-hybridized carbons (Fsp3) is 0.417. The Morgan fingerprint density at radius 2 is 2.06 bits per heavy atom. The van der Waals surface area contributed by atoms with E-state index < -0.39 is 0 Å². The molecule has 16 heavy (non-hydrogen) atoms. The predicted molar refractivity (Wildman–Crippen MR) is 60.4 cm³/mol. The molecule has 1 aliphatic heterocycles. The van der Waals surface area contributed by atoms with E-state index in [0.717, 1.165) is 11.3 Å². The molecule has 0 saturated carbocycles. The molecule has 4 heteroatoms. The molecular formula is C12H15N2O2. The van der Waals surface area contributed by atoms with Crippen LogP contribution < -0.4 is 10.1 Å². The highest BCUT2D eigenvalue weighted by molar-refractivity contribution is 5.79. The number of benzene rings is 1. The Labute approximate surface area is 95.2 Å². The summed E-state index contributed by atoms with van der Waals surface area (Å²) in [6.45, 7) is 0.984. The number of hydrogen-bond donors (Lipinski definition) is 0. The number of rotatable bonds is 2. The van der Waals surface area contributed by atoms with Gasteiger partial charge in [0.1, 0.15) is 5.75 Å². The first-order valence-electron chi connectivity index (χ1n) is 5.25. The van der Waals surface area contributed by atoms with Gasteiger partial charge in [-0.2, -0.15) is 0 Å². The third kappa shape index (κ3) is 2.02. The van der Waals surface area contributed by atoms with Crippen molar-refractivity contribution in [2.75, 3.05) is 27.2 Å². The number of ether oxygens (including phenoxy) is 1. The van der Waals surface area contributed by atoms with Crippen LogP contribution in [0.25, 0.3) is 0 Å². The zero-order valence-electron chi connectivity index (χ0n) is 9.51. The molecule has 0 unspecified atom stereocenters. The van der Waals surface area contributed by atoms with Crippen molar-refractivity contribution in [2.45, 2.75) is 6.04 Å². The Balaban J connectivity index is 2.19. The second-order valence-corrected chi connectivity index (χ2v) is 3.86. The molecule has 1 aliphatic rings. The fourth-order valence-corrected chi connectivity index (χ4v) is 1.85. The van der Waals surface area contributed by atoms with Gasteiger partial charge in [0, 0.05) is 13.6 Å². The van der Waals surface area contributed by atoms with Crippen molar-refractivity contribution in [2.24, 2.45) is 0 Å². The van der Waals surface area contributed by atoms with Gasteiger partial charge in [-0.05, 0) is 17.7 Å². The first-order valence-corrected chi connectivity index (χ1v) is 5.25. The number of amides is 1. The van der Waals surface area contributed by atoms with Gasteiger partial charge in [0.15, 0.2) is 0 Å². The van der Waals surface area contributed by atoms with E-state index in [0.29, 0.717) is 13.1 Å². The number of carbonyl (C=O) groups is 1. The Morgan fingerprint density at radius 3 is 2.69 bits per heavy atom. The van der Waals surface area contributed by atoms with Gasteiger partial charge in [-0.15, -0.1) is 0 Å². The largest absolute Gasteiger partial charge is 0.497 e. The third-order valence-electron chi connectivity index (χ3n) is 2.91. The quantitative estimate of drug-likeness (QED) is 0.739. The average molecular weight is 219 g/mol. The highest BCUT2D eigenvalue weighted by atomic mass is 16.5. The zero-order chi connectivity index (χ0) is 11.5. The van der Waals surface area contributed by atoms with Gasteiger partial charge in [-0.25, -0.2) is 5.32 Å². The molecule has 0 aliphatic carbocycles. The topological polar surface area (TPSA) is 43.6 Å². The summed E-state index contributed by atoms with van der Waals surface area (Å²) in [4.78, 5) is 13.3. The van der Waals surface area contributed by atoms with E-state index in [9.17, 15) is 4.79 Å². The molecule has 1 atom stereocenters.